The van der Waals surface area contributed by atoms with Gasteiger partial charge in [-0.2, -0.15) is 0 Å². The van der Waals surface area contributed by atoms with Crippen molar-refractivity contribution in [3.8, 4) is 0 Å². The topological polar surface area (TPSA) is 102 Å². The Hall–Kier alpha value is -1.18. The number of hydrogen-bond acceptors (Lipinski definition) is 5. The van der Waals surface area contributed by atoms with Crippen LogP contribution in [-0.2, 0) is 23.8 Å². The zero-order valence-corrected chi connectivity index (χ0v) is 13.0. The number of rotatable bonds is 13. The third kappa shape index (κ3) is 27.9. The van der Waals surface area contributed by atoms with Crippen molar-refractivity contribution in [2.75, 3.05) is 39.6 Å². The fourth-order valence-electron chi connectivity index (χ4n) is 1.04. The van der Waals surface area contributed by atoms with E-state index in [2.05, 4.69) is 6.92 Å². The highest BCUT2D eigenvalue weighted by Gasteiger charge is 2.00. The molecule has 0 rings (SSSR count). The summed E-state index contributed by atoms with van der Waals surface area (Å²) < 4.78 is 15.7. The molecule has 0 bridgehead atoms. The van der Waals surface area contributed by atoms with Crippen LogP contribution in [0, 0.1) is 0 Å². The van der Waals surface area contributed by atoms with Crippen LogP contribution in [0.5, 0.6) is 0 Å². The number of carboxylic acid groups (broad SMARTS) is 2. The van der Waals surface area contributed by atoms with Gasteiger partial charge in [0.1, 0.15) is 0 Å². The minimum atomic E-state index is -1.08. The Balaban J connectivity index is 0. The quantitative estimate of drug-likeness (QED) is 0.500. The van der Waals surface area contributed by atoms with Crippen LogP contribution in [0.4, 0.5) is 0 Å². The van der Waals surface area contributed by atoms with Gasteiger partial charge in [-0.15, -0.1) is 0 Å². The lowest BCUT2D eigenvalue weighted by Crippen LogP contribution is -2.09. The Bertz CT molecular complexity index is 219. The van der Waals surface area contributed by atoms with E-state index >= 15 is 0 Å². The predicted octanol–water partition coefficient (Wildman–Crippen LogP) is 1.79. The van der Waals surface area contributed by atoms with E-state index in [-0.39, 0.29) is 12.8 Å². The summed E-state index contributed by atoms with van der Waals surface area (Å²) in [4.78, 5) is 19.3. The minimum Gasteiger partial charge on any atom is -0.481 e. The molecule has 0 unspecified atom stereocenters. The van der Waals surface area contributed by atoms with Crippen LogP contribution in [0.25, 0.3) is 0 Å². The van der Waals surface area contributed by atoms with E-state index in [1.807, 2.05) is 6.92 Å². The molecule has 0 saturated heterocycles. The van der Waals surface area contributed by atoms with Crippen LogP contribution >= 0.6 is 0 Å². The highest BCUT2D eigenvalue weighted by atomic mass is 16.5. The van der Waals surface area contributed by atoms with Crippen LogP contribution in [0.15, 0.2) is 0 Å². The zero-order chi connectivity index (χ0) is 16.3. The molecule has 0 radical (unpaired) electrons. The molecule has 0 fully saturated rings. The fraction of sp³-hybridized carbons (Fsp3) is 0.857. The number of carboxylic acids is 2. The Morgan fingerprint density at radius 2 is 1.19 bits per heavy atom. The second kappa shape index (κ2) is 18.8. The Kier molecular flexibility index (Phi) is 19.8. The highest BCUT2D eigenvalue weighted by molar-refractivity contribution is 5.75. The molecule has 0 amide bonds. The lowest BCUT2D eigenvalue weighted by Gasteiger charge is -2.05. The molecular formula is C14H28O7. The second-order valence-electron chi connectivity index (χ2n) is 4.06. The van der Waals surface area contributed by atoms with Crippen LogP contribution < -0.4 is 0 Å². The molecule has 0 aromatic rings. The van der Waals surface area contributed by atoms with Crippen LogP contribution in [-0.4, -0.2) is 61.8 Å². The molecule has 0 atom stereocenters. The molecule has 7 heteroatoms. The maximum absolute atomic E-state index is 9.64. The molecule has 0 heterocycles. The van der Waals surface area contributed by atoms with Crippen molar-refractivity contribution in [3.05, 3.63) is 0 Å². The number of ether oxygens (including phenoxy) is 3. The summed E-state index contributed by atoms with van der Waals surface area (Å²) in [7, 11) is 0. The first-order valence-corrected chi connectivity index (χ1v) is 7.21. The van der Waals surface area contributed by atoms with E-state index in [0.29, 0.717) is 26.4 Å². The van der Waals surface area contributed by atoms with Crippen molar-refractivity contribution in [2.24, 2.45) is 0 Å². The molecule has 0 spiro atoms. The summed E-state index contributed by atoms with van der Waals surface area (Å²) in [5, 5.41) is 15.8. The smallest absolute Gasteiger partial charge is 0.303 e. The molecule has 7 nitrogen and oxygen atoms in total. The summed E-state index contributed by atoms with van der Waals surface area (Å²) in [5.74, 6) is -2.15. The van der Waals surface area contributed by atoms with Gasteiger partial charge < -0.3 is 24.4 Å². The molecular weight excluding hydrogens is 280 g/mol. The molecule has 0 aliphatic rings. The van der Waals surface area contributed by atoms with Crippen molar-refractivity contribution in [3.63, 3.8) is 0 Å². The summed E-state index contributed by atoms with van der Waals surface area (Å²) in [5.41, 5.74) is 0. The third-order valence-electron chi connectivity index (χ3n) is 2.14. The first-order valence-electron chi connectivity index (χ1n) is 7.21. The summed E-state index contributed by atoms with van der Waals surface area (Å²) in [6.45, 7) is 8.48. The van der Waals surface area contributed by atoms with Crippen molar-refractivity contribution in [1.82, 2.24) is 0 Å². The summed E-state index contributed by atoms with van der Waals surface area (Å²) in [6.07, 6.45) is 1.73. The first kappa shape index (κ1) is 22.1. The zero-order valence-electron chi connectivity index (χ0n) is 13.0. The van der Waals surface area contributed by atoms with Crippen molar-refractivity contribution < 1.29 is 34.0 Å². The molecule has 0 aliphatic carbocycles. The van der Waals surface area contributed by atoms with Gasteiger partial charge in [0.05, 0.1) is 39.3 Å². The van der Waals surface area contributed by atoms with E-state index in [4.69, 9.17) is 24.4 Å². The van der Waals surface area contributed by atoms with Gasteiger partial charge in [-0.1, -0.05) is 13.3 Å². The van der Waals surface area contributed by atoms with Crippen molar-refractivity contribution in [2.45, 2.75) is 39.5 Å². The lowest BCUT2D eigenvalue weighted by molar-refractivity contribution is -0.143. The van der Waals surface area contributed by atoms with Gasteiger partial charge in [0.25, 0.3) is 0 Å². The molecule has 126 valence electrons. The summed E-state index contributed by atoms with van der Waals surface area (Å²) >= 11 is 0. The first-order chi connectivity index (χ1) is 10.0. The van der Waals surface area contributed by atoms with E-state index in [0.717, 1.165) is 19.6 Å². The van der Waals surface area contributed by atoms with Crippen LogP contribution in [0.3, 0.4) is 0 Å². The third-order valence-corrected chi connectivity index (χ3v) is 2.14. The highest BCUT2D eigenvalue weighted by Crippen LogP contribution is 1.88. The fourth-order valence-corrected chi connectivity index (χ4v) is 1.04. The molecule has 2 N–H and O–H groups in total. The van der Waals surface area contributed by atoms with Gasteiger partial charge in [0, 0.05) is 13.2 Å². The number of carbonyl (C=O) groups is 2. The van der Waals surface area contributed by atoms with Crippen molar-refractivity contribution in [1.29, 1.82) is 0 Å². The SMILES string of the molecule is CCCCOCCOCCOCC.O=C(O)CCC(=O)O. The molecule has 0 aromatic heterocycles. The average molecular weight is 308 g/mol. The maximum atomic E-state index is 9.64. The van der Waals surface area contributed by atoms with Gasteiger partial charge in [0.15, 0.2) is 0 Å². The Morgan fingerprint density at radius 3 is 1.57 bits per heavy atom. The minimum absolute atomic E-state index is 0.296. The molecule has 0 aliphatic heterocycles. The average Bonchev–Trinajstić information content (AvgIpc) is 2.44. The van der Waals surface area contributed by atoms with Gasteiger partial charge >= 0.3 is 11.9 Å². The van der Waals surface area contributed by atoms with Crippen LogP contribution in [0.2, 0.25) is 0 Å². The Labute approximate surface area is 126 Å². The van der Waals surface area contributed by atoms with Gasteiger partial charge in [0.2, 0.25) is 0 Å². The summed E-state index contributed by atoms with van der Waals surface area (Å²) in [6, 6.07) is 0. The van der Waals surface area contributed by atoms with Crippen molar-refractivity contribution >= 4 is 11.9 Å². The molecule has 21 heavy (non-hydrogen) atoms. The standard InChI is InChI=1S/C10H22O3.C4H6O4/c1-3-5-6-12-9-10-13-8-7-11-4-2;5-3(6)1-2-4(7)8/h3-10H2,1-2H3;1-2H2,(H,5,6)(H,7,8). The monoisotopic (exact) mass is 308 g/mol. The molecule has 0 saturated carbocycles. The lowest BCUT2D eigenvalue weighted by atomic mass is 10.3. The predicted molar refractivity (Wildman–Crippen MR) is 77.5 cm³/mol. The Morgan fingerprint density at radius 1 is 0.762 bits per heavy atom. The second-order valence-corrected chi connectivity index (χ2v) is 4.06. The van der Waals surface area contributed by atoms with Gasteiger partial charge in [-0.25, -0.2) is 0 Å². The normalized spacial score (nSPS) is 9.81. The number of aliphatic carboxylic acids is 2. The van der Waals surface area contributed by atoms with E-state index in [1.54, 1.807) is 0 Å². The largest absolute Gasteiger partial charge is 0.481 e. The van der Waals surface area contributed by atoms with E-state index in [9.17, 15) is 9.59 Å². The van der Waals surface area contributed by atoms with E-state index in [1.165, 1.54) is 6.42 Å². The van der Waals surface area contributed by atoms with Gasteiger partial charge in [-0.05, 0) is 13.3 Å². The molecule has 0 aromatic carbocycles. The maximum Gasteiger partial charge on any atom is 0.303 e. The van der Waals surface area contributed by atoms with E-state index < -0.39 is 11.9 Å². The van der Waals surface area contributed by atoms with Crippen LogP contribution in [0.1, 0.15) is 39.5 Å². The number of unbranched alkanes of at least 4 members (excludes halogenated alkanes) is 1. The van der Waals surface area contributed by atoms with Gasteiger partial charge in [-0.3, -0.25) is 9.59 Å². The number of hydrogen-bond donors (Lipinski definition) is 2.